The Kier molecular flexibility index (Phi) is 5.66. The number of fused-ring (bicyclic) bond motifs is 1. The number of imide groups is 1. The Bertz CT molecular complexity index is 1510. The second kappa shape index (κ2) is 8.47. The molecule has 0 spiro atoms. The number of aliphatic hydroxyl groups is 1. The van der Waals surface area contributed by atoms with Crippen LogP contribution in [0, 0.1) is 11.3 Å². The van der Waals surface area contributed by atoms with Crippen LogP contribution in [0.25, 0.3) is 22.3 Å². The number of hydrogen-bond acceptors (Lipinski definition) is 9. The minimum Gasteiger partial charge on any atom is -0.376 e. The van der Waals surface area contributed by atoms with Gasteiger partial charge in [0.1, 0.15) is 24.2 Å². The molecule has 13 nitrogen and oxygen atoms in total. The van der Waals surface area contributed by atoms with Gasteiger partial charge in [-0.25, -0.2) is 23.3 Å². The van der Waals surface area contributed by atoms with E-state index in [1.54, 1.807) is 32.3 Å². The van der Waals surface area contributed by atoms with E-state index in [1.165, 1.54) is 19.9 Å². The van der Waals surface area contributed by atoms with E-state index in [2.05, 4.69) is 21.1 Å². The lowest BCUT2D eigenvalue weighted by Gasteiger charge is -2.48. The fourth-order valence-electron chi connectivity index (χ4n) is 4.66. The van der Waals surface area contributed by atoms with Crippen molar-refractivity contribution in [1.82, 2.24) is 28.6 Å². The molecule has 5 heterocycles. The van der Waals surface area contributed by atoms with Crippen LogP contribution >= 0.6 is 0 Å². The van der Waals surface area contributed by atoms with Crippen molar-refractivity contribution in [2.75, 3.05) is 18.0 Å². The molecule has 0 radical (unpaired) electrons. The number of nitrogens with zero attached hydrogens (tertiary/aromatic N) is 8. The number of anilines is 1. The largest absolute Gasteiger partial charge is 0.376 e. The van der Waals surface area contributed by atoms with Gasteiger partial charge in [0.25, 0.3) is 0 Å². The quantitative estimate of drug-likeness (QED) is 0.445. The van der Waals surface area contributed by atoms with Gasteiger partial charge in [-0.1, -0.05) is 0 Å². The third-order valence-electron chi connectivity index (χ3n) is 6.71. The van der Waals surface area contributed by atoms with Crippen LogP contribution in [0.2, 0.25) is 0 Å². The first kappa shape index (κ1) is 24.0. The number of sulfonamides is 1. The molecule has 5 rings (SSSR count). The number of carbonyl (C=O) groups excluding carboxylic acids is 2. The molecule has 3 aromatic heterocycles. The number of amides is 2. The van der Waals surface area contributed by atoms with E-state index in [0.29, 0.717) is 22.3 Å². The third kappa shape index (κ3) is 3.50. The third-order valence-corrected chi connectivity index (χ3v) is 8.88. The van der Waals surface area contributed by atoms with Crippen molar-refractivity contribution in [2.24, 2.45) is 0 Å². The molecule has 3 aromatic rings. The van der Waals surface area contributed by atoms with Crippen molar-refractivity contribution in [2.45, 2.75) is 50.6 Å². The molecular formula is C22H24N8O5S. The maximum Gasteiger partial charge on any atom is 0.235 e. The molecule has 2 aliphatic rings. The second-order valence-electron chi connectivity index (χ2n) is 9.24. The highest BCUT2D eigenvalue weighted by Crippen LogP contribution is 2.41. The molecule has 0 atom stereocenters. The number of rotatable bonds is 7. The highest BCUT2D eigenvalue weighted by Gasteiger charge is 2.51. The minimum absolute atomic E-state index is 0.0281. The molecule has 14 heteroatoms. The van der Waals surface area contributed by atoms with Crippen LogP contribution in [-0.2, 0) is 31.9 Å². The maximum absolute atomic E-state index is 12.7. The van der Waals surface area contributed by atoms with Crippen molar-refractivity contribution < 1.29 is 23.1 Å². The highest BCUT2D eigenvalue weighted by molar-refractivity contribution is 7.89. The number of carbonyl (C=O) groups is 2. The van der Waals surface area contributed by atoms with Crippen LogP contribution < -0.4 is 4.90 Å². The van der Waals surface area contributed by atoms with E-state index < -0.39 is 32.6 Å². The molecule has 0 aliphatic carbocycles. The summed E-state index contributed by atoms with van der Waals surface area (Å²) in [5.41, 5.74) is 0.228. The van der Waals surface area contributed by atoms with E-state index in [0.717, 1.165) is 4.90 Å². The Balaban J connectivity index is 1.67. The Labute approximate surface area is 206 Å². The van der Waals surface area contributed by atoms with Crippen molar-refractivity contribution >= 4 is 38.7 Å². The molecule has 0 unspecified atom stereocenters. The van der Waals surface area contributed by atoms with Crippen molar-refractivity contribution in [3.05, 3.63) is 24.8 Å². The van der Waals surface area contributed by atoms with Gasteiger partial charge in [0.2, 0.25) is 21.8 Å². The van der Waals surface area contributed by atoms with E-state index in [9.17, 15) is 28.4 Å². The first-order chi connectivity index (χ1) is 17.1. The monoisotopic (exact) mass is 512 g/mol. The van der Waals surface area contributed by atoms with Crippen LogP contribution in [0.1, 0.15) is 33.1 Å². The van der Waals surface area contributed by atoms with E-state index in [1.807, 2.05) is 0 Å². The molecule has 0 saturated carbocycles. The summed E-state index contributed by atoms with van der Waals surface area (Å²) in [6, 6.07) is 3.83. The number of aromatic nitrogens is 5. The number of aliphatic hydroxyl groups excluding tert-OH is 1. The van der Waals surface area contributed by atoms with Crippen LogP contribution in [0.4, 0.5) is 5.82 Å². The fraction of sp³-hybridized carbons (Fsp3) is 0.455. The van der Waals surface area contributed by atoms with Gasteiger partial charge in [-0.15, -0.1) is 0 Å². The van der Waals surface area contributed by atoms with Gasteiger partial charge in [-0.3, -0.25) is 14.3 Å². The van der Waals surface area contributed by atoms with Gasteiger partial charge >= 0.3 is 0 Å². The molecule has 1 N–H and O–H groups in total. The zero-order chi connectivity index (χ0) is 25.8. The van der Waals surface area contributed by atoms with Crippen molar-refractivity contribution in [3.63, 3.8) is 0 Å². The topological polar surface area (TPSA) is 167 Å². The molecule has 0 aromatic carbocycles. The average Bonchev–Trinajstić information content (AvgIpc) is 3.52. The van der Waals surface area contributed by atoms with Gasteiger partial charge in [0.15, 0.2) is 5.82 Å². The Morgan fingerprint density at radius 1 is 1.19 bits per heavy atom. The summed E-state index contributed by atoms with van der Waals surface area (Å²) in [5.74, 6) is -0.741. The normalized spacial score (nSPS) is 18.2. The summed E-state index contributed by atoms with van der Waals surface area (Å²) in [6.45, 7) is 2.94. The van der Waals surface area contributed by atoms with Gasteiger partial charge in [-0.2, -0.15) is 14.7 Å². The van der Waals surface area contributed by atoms with Crippen molar-refractivity contribution in [3.8, 4) is 17.3 Å². The van der Waals surface area contributed by atoms with Crippen LogP contribution in [-0.4, -0.2) is 72.3 Å². The molecule has 36 heavy (non-hydrogen) atoms. The van der Waals surface area contributed by atoms with Gasteiger partial charge < -0.3 is 9.67 Å². The predicted octanol–water partition coefficient (Wildman–Crippen LogP) is 0.561. The van der Waals surface area contributed by atoms with Crippen LogP contribution in [0.5, 0.6) is 0 Å². The molecule has 2 saturated heterocycles. The highest BCUT2D eigenvalue weighted by atomic mass is 32.2. The standard InChI is InChI=1S/C22H24N8O5S/c1-14(2)36(34,35)28-10-22(11-28,6-7-23)29-9-16(21(26-29)30-17(32)3-4-18(30)33)19-15-5-8-27(13-31)20(15)25-12-24-19/h5,8-9,12,14,31H,3-4,6,10-11,13H2,1-2H3. The summed E-state index contributed by atoms with van der Waals surface area (Å²) < 4.78 is 29.7. The van der Waals surface area contributed by atoms with Gasteiger partial charge in [0.05, 0.1) is 29.0 Å². The van der Waals surface area contributed by atoms with Crippen molar-refractivity contribution in [1.29, 1.82) is 5.26 Å². The van der Waals surface area contributed by atoms with E-state index in [-0.39, 0.29) is 44.9 Å². The molecule has 0 bridgehead atoms. The maximum atomic E-state index is 12.7. The zero-order valence-corrected chi connectivity index (χ0v) is 20.5. The SMILES string of the molecule is CC(C)S(=O)(=O)N1CC(CC#N)(n2cc(-c3ncnc4c3ccn4CO)c(N3C(=O)CCC3=O)n2)C1. The van der Waals surface area contributed by atoms with Crippen LogP contribution in [0.15, 0.2) is 24.8 Å². The lowest BCUT2D eigenvalue weighted by molar-refractivity contribution is -0.121. The smallest absolute Gasteiger partial charge is 0.235 e. The van der Waals surface area contributed by atoms with E-state index in [4.69, 9.17) is 0 Å². The summed E-state index contributed by atoms with van der Waals surface area (Å²) in [6.07, 6.45) is 4.62. The fourth-order valence-corrected chi connectivity index (χ4v) is 6.10. The lowest BCUT2D eigenvalue weighted by Crippen LogP contribution is -2.65. The first-order valence-corrected chi connectivity index (χ1v) is 12.9. The van der Waals surface area contributed by atoms with E-state index >= 15 is 0 Å². The summed E-state index contributed by atoms with van der Waals surface area (Å²) in [7, 11) is -3.54. The molecular weight excluding hydrogens is 488 g/mol. The molecule has 2 aliphatic heterocycles. The Morgan fingerprint density at radius 2 is 1.89 bits per heavy atom. The van der Waals surface area contributed by atoms with Gasteiger partial charge in [-0.05, 0) is 19.9 Å². The summed E-state index contributed by atoms with van der Waals surface area (Å²) in [5, 5.41) is 23.7. The Morgan fingerprint density at radius 3 is 2.50 bits per heavy atom. The predicted molar refractivity (Wildman–Crippen MR) is 127 cm³/mol. The second-order valence-corrected chi connectivity index (χ2v) is 11.7. The summed E-state index contributed by atoms with van der Waals surface area (Å²) >= 11 is 0. The van der Waals surface area contributed by atoms with Crippen LogP contribution in [0.3, 0.4) is 0 Å². The zero-order valence-electron chi connectivity index (χ0n) is 19.7. The first-order valence-electron chi connectivity index (χ1n) is 11.4. The molecule has 188 valence electrons. The minimum atomic E-state index is -3.54. The van der Waals surface area contributed by atoms with Gasteiger partial charge in [0, 0.05) is 43.7 Å². The molecule has 2 amide bonds. The Hall–Kier alpha value is -3.67. The number of hydrogen-bond donors (Lipinski definition) is 1. The average molecular weight is 513 g/mol. The lowest BCUT2D eigenvalue weighted by atomic mass is 9.89. The number of nitriles is 1. The molecule has 2 fully saturated rings. The summed E-state index contributed by atoms with van der Waals surface area (Å²) in [4.78, 5) is 34.9.